The number of nitrogens with zero attached hydrogens (tertiary/aromatic N) is 3. The maximum Gasteiger partial charge on any atom is 0.226 e. The Hall–Kier alpha value is -1.95. The van der Waals surface area contributed by atoms with E-state index < -0.39 is 0 Å². The lowest BCUT2D eigenvalue weighted by atomic mass is 9.87. The number of morpholine rings is 1. The molecule has 0 N–H and O–H groups in total. The molecule has 0 radical (unpaired) electrons. The van der Waals surface area contributed by atoms with Crippen LogP contribution in [0.2, 0.25) is 0 Å². The van der Waals surface area contributed by atoms with Crippen LogP contribution in [0.5, 0.6) is 0 Å². The number of piperidine rings is 1. The van der Waals surface area contributed by atoms with Crippen molar-refractivity contribution >= 4 is 16.7 Å². The number of likely N-dealkylation sites (tertiary alicyclic amines) is 2. The van der Waals surface area contributed by atoms with E-state index in [9.17, 15) is 4.79 Å². The van der Waals surface area contributed by atoms with Gasteiger partial charge in [0.05, 0.1) is 19.1 Å². The summed E-state index contributed by atoms with van der Waals surface area (Å²) in [6.45, 7) is 9.60. The van der Waals surface area contributed by atoms with E-state index in [1.807, 2.05) is 0 Å². The molecule has 0 saturated carbocycles. The Labute approximate surface area is 185 Å². The second-order valence-corrected chi connectivity index (χ2v) is 9.62. The second kappa shape index (κ2) is 9.68. The minimum Gasteiger partial charge on any atom is -0.379 e. The number of amides is 1. The van der Waals surface area contributed by atoms with Gasteiger partial charge in [0, 0.05) is 52.4 Å². The molecule has 0 aromatic heterocycles. The van der Waals surface area contributed by atoms with Gasteiger partial charge in [0.2, 0.25) is 5.91 Å². The Bertz CT molecular complexity index is 889. The molecule has 3 heterocycles. The molecule has 0 spiro atoms. The van der Waals surface area contributed by atoms with Gasteiger partial charge in [-0.15, -0.1) is 0 Å². The van der Waals surface area contributed by atoms with Crippen molar-refractivity contribution in [2.45, 2.75) is 25.8 Å². The molecule has 5 heteroatoms. The quantitative estimate of drug-likeness (QED) is 0.743. The first kappa shape index (κ1) is 20.9. The number of benzene rings is 2. The molecule has 31 heavy (non-hydrogen) atoms. The molecule has 2 aromatic carbocycles. The van der Waals surface area contributed by atoms with E-state index in [1.54, 1.807) is 0 Å². The predicted octanol–water partition coefficient (Wildman–Crippen LogP) is 3.23. The lowest BCUT2D eigenvalue weighted by Gasteiger charge is -2.40. The van der Waals surface area contributed by atoms with Crippen LogP contribution in [-0.2, 0) is 16.1 Å². The molecule has 5 rings (SSSR count). The smallest absolute Gasteiger partial charge is 0.226 e. The van der Waals surface area contributed by atoms with Gasteiger partial charge in [0.1, 0.15) is 0 Å². The lowest BCUT2D eigenvalue weighted by Crippen LogP contribution is -2.50. The van der Waals surface area contributed by atoms with Crippen molar-refractivity contribution < 1.29 is 9.53 Å². The minimum absolute atomic E-state index is 0.137. The molecule has 0 unspecified atom stereocenters. The van der Waals surface area contributed by atoms with E-state index in [0.717, 1.165) is 84.8 Å². The fourth-order valence-corrected chi connectivity index (χ4v) is 5.68. The molecular formula is C26H35N3O2. The van der Waals surface area contributed by atoms with Crippen LogP contribution in [-0.4, -0.2) is 79.6 Å². The lowest BCUT2D eigenvalue weighted by molar-refractivity contribution is -0.137. The van der Waals surface area contributed by atoms with Crippen molar-refractivity contribution in [1.82, 2.24) is 14.7 Å². The number of fused-ring (bicyclic) bond motifs is 1. The van der Waals surface area contributed by atoms with Gasteiger partial charge in [-0.3, -0.25) is 14.6 Å². The van der Waals surface area contributed by atoms with Crippen molar-refractivity contribution in [3.63, 3.8) is 0 Å². The largest absolute Gasteiger partial charge is 0.379 e. The third kappa shape index (κ3) is 5.11. The van der Waals surface area contributed by atoms with Crippen LogP contribution in [0.4, 0.5) is 0 Å². The van der Waals surface area contributed by atoms with Gasteiger partial charge in [-0.1, -0.05) is 36.4 Å². The maximum atomic E-state index is 13.3. The van der Waals surface area contributed by atoms with Gasteiger partial charge < -0.3 is 9.64 Å². The van der Waals surface area contributed by atoms with Crippen LogP contribution in [0, 0.1) is 11.8 Å². The normalized spacial score (nSPS) is 25.9. The molecule has 3 saturated heterocycles. The number of rotatable bonds is 5. The van der Waals surface area contributed by atoms with Gasteiger partial charge in [-0.2, -0.15) is 0 Å². The summed E-state index contributed by atoms with van der Waals surface area (Å²) >= 11 is 0. The summed E-state index contributed by atoms with van der Waals surface area (Å²) in [4.78, 5) is 20.5. The highest BCUT2D eigenvalue weighted by Gasteiger charge is 2.35. The second-order valence-electron chi connectivity index (χ2n) is 9.62. The monoisotopic (exact) mass is 421 g/mol. The van der Waals surface area contributed by atoms with E-state index in [0.29, 0.717) is 11.8 Å². The van der Waals surface area contributed by atoms with Crippen LogP contribution in [0.1, 0.15) is 24.8 Å². The highest BCUT2D eigenvalue weighted by atomic mass is 16.5. The average Bonchev–Trinajstić information content (AvgIpc) is 3.34. The van der Waals surface area contributed by atoms with Crippen LogP contribution in [0.3, 0.4) is 0 Å². The van der Waals surface area contributed by atoms with Crippen molar-refractivity contribution in [3.8, 4) is 0 Å². The standard InChI is InChI=1S/C26H35N3O2/c30-26(29-9-3-4-10-29)25-16-22(18-27-11-13-31-14-12-27)19-28(20-25)17-21-7-8-23-5-1-2-6-24(23)15-21/h1-2,5-8,15,22,25H,3-4,9-14,16-20H2/t22-,25-/m1/s1. The number of hydrogen-bond acceptors (Lipinski definition) is 4. The molecule has 5 nitrogen and oxygen atoms in total. The zero-order chi connectivity index (χ0) is 21.0. The molecule has 2 aromatic rings. The highest BCUT2D eigenvalue weighted by Crippen LogP contribution is 2.28. The summed E-state index contributed by atoms with van der Waals surface area (Å²) in [5.41, 5.74) is 1.35. The Kier molecular flexibility index (Phi) is 6.53. The van der Waals surface area contributed by atoms with E-state index in [-0.39, 0.29) is 5.92 Å². The first-order valence-corrected chi connectivity index (χ1v) is 12.0. The van der Waals surface area contributed by atoms with Crippen LogP contribution in [0.25, 0.3) is 10.8 Å². The van der Waals surface area contributed by atoms with Crippen LogP contribution < -0.4 is 0 Å². The van der Waals surface area contributed by atoms with E-state index >= 15 is 0 Å². The number of carbonyl (C=O) groups is 1. The Morgan fingerprint density at radius 1 is 0.903 bits per heavy atom. The van der Waals surface area contributed by atoms with Crippen molar-refractivity contribution in [2.75, 3.05) is 59.0 Å². The number of hydrogen-bond donors (Lipinski definition) is 0. The number of ether oxygens (including phenoxy) is 1. The summed E-state index contributed by atoms with van der Waals surface area (Å²) in [6, 6.07) is 15.4. The molecule has 3 aliphatic rings. The summed E-state index contributed by atoms with van der Waals surface area (Å²) in [5.74, 6) is 1.08. The summed E-state index contributed by atoms with van der Waals surface area (Å²) in [5, 5.41) is 2.59. The van der Waals surface area contributed by atoms with Crippen molar-refractivity contribution in [3.05, 3.63) is 48.0 Å². The molecule has 1 amide bonds. The zero-order valence-electron chi connectivity index (χ0n) is 18.5. The SMILES string of the molecule is O=C([C@@H]1C[C@H](CN2CCOCC2)CN(Cc2ccc3ccccc3c2)C1)N1CCCC1. The predicted molar refractivity (Wildman–Crippen MR) is 124 cm³/mol. The van der Waals surface area contributed by atoms with Gasteiger partial charge in [0.15, 0.2) is 0 Å². The molecular weight excluding hydrogens is 386 g/mol. The molecule has 166 valence electrons. The third-order valence-corrected chi connectivity index (χ3v) is 7.22. The van der Waals surface area contributed by atoms with Gasteiger partial charge in [0.25, 0.3) is 0 Å². The van der Waals surface area contributed by atoms with Crippen LogP contribution >= 0.6 is 0 Å². The van der Waals surface area contributed by atoms with E-state index in [1.165, 1.54) is 16.3 Å². The Balaban J connectivity index is 1.30. The van der Waals surface area contributed by atoms with Gasteiger partial charge in [-0.05, 0) is 47.6 Å². The minimum atomic E-state index is 0.137. The van der Waals surface area contributed by atoms with Gasteiger partial charge >= 0.3 is 0 Å². The van der Waals surface area contributed by atoms with Crippen molar-refractivity contribution in [1.29, 1.82) is 0 Å². The van der Waals surface area contributed by atoms with Crippen molar-refractivity contribution in [2.24, 2.45) is 11.8 Å². The first-order chi connectivity index (χ1) is 15.2. The van der Waals surface area contributed by atoms with Gasteiger partial charge in [-0.25, -0.2) is 0 Å². The molecule has 3 fully saturated rings. The molecule has 0 bridgehead atoms. The average molecular weight is 422 g/mol. The fourth-order valence-electron chi connectivity index (χ4n) is 5.68. The Morgan fingerprint density at radius 3 is 2.48 bits per heavy atom. The van der Waals surface area contributed by atoms with E-state index in [4.69, 9.17) is 4.74 Å². The summed E-state index contributed by atoms with van der Waals surface area (Å²) in [6.07, 6.45) is 3.36. The zero-order valence-corrected chi connectivity index (χ0v) is 18.5. The summed E-state index contributed by atoms with van der Waals surface area (Å²) < 4.78 is 5.54. The third-order valence-electron chi connectivity index (χ3n) is 7.22. The van der Waals surface area contributed by atoms with E-state index in [2.05, 4.69) is 57.2 Å². The molecule has 3 aliphatic heterocycles. The molecule has 2 atom stereocenters. The maximum absolute atomic E-state index is 13.3. The Morgan fingerprint density at radius 2 is 1.68 bits per heavy atom. The number of carbonyl (C=O) groups excluding carboxylic acids is 1. The molecule has 0 aliphatic carbocycles. The first-order valence-electron chi connectivity index (χ1n) is 12.0. The fraction of sp³-hybridized carbons (Fsp3) is 0.577. The summed E-state index contributed by atoms with van der Waals surface area (Å²) in [7, 11) is 0. The highest BCUT2D eigenvalue weighted by molar-refractivity contribution is 5.83. The van der Waals surface area contributed by atoms with Crippen LogP contribution in [0.15, 0.2) is 42.5 Å². The topological polar surface area (TPSA) is 36.0 Å².